The number of nitrogens with one attached hydrogen (secondary N) is 1. The molecule has 4 aromatic carbocycles. The number of aromatic nitrogens is 1. The first-order valence-corrected chi connectivity index (χ1v) is 12.2. The van der Waals surface area contributed by atoms with E-state index >= 15 is 0 Å². The molecular weight excluding hydrogens is 487 g/mol. The summed E-state index contributed by atoms with van der Waals surface area (Å²) in [6.45, 7) is 0. The Balaban J connectivity index is 1.51. The molecule has 0 spiro atoms. The van der Waals surface area contributed by atoms with E-state index in [9.17, 15) is 9.18 Å². The van der Waals surface area contributed by atoms with E-state index in [4.69, 9.17) is 16.3 Å². The van der Waals surface area contributed by atoms with Crippen LogP contribution in [-0.2, 0) is 11.2 Å². The Labute approximate surface area is 219 Å². The maximum Gasteiger partial charge on any atom is 0.232 e. The van der Waals surface area contributed by atoms with Gasteiger partial charge < -0.3 is 10.1 Å². The predicted octanol–water partition coefficient (Wildman–Crippen LogP) is 7.67. The maximum atomic E-state index is 14.0. The van der Waals surface area contributed by atoms with Crippen LogP contribution in [0.3, 0.4) is 0 Å². The van der Waals surface area contributed by atoms with Gasteiger partial charge in [-0.15, -0.1) is 0 Å². The van der Waals surface area contributed by atoms with Crippen LogP contribution in [0.4, 0.5) is 10.1 Å². The molecule has 184 valence electrons. The Bertz CT molecular complexity index is 1570. The van der Waals surface area contributed by atoms with Crippen LogP contribution in [0.2, 0.25) is 5.02 Å². The van der Waals surface area contributed by atoms with Crippen molar-refractivity contribution >= 4 is 34.1 Å². The fraction of sp³-hybridized carbons (Fsp3) is 0.0968. The third kappa shape index (κ3) is 5.47. The highest BCUT2D eigenvalue weighted by atomic mass is 35.5. The normalized spacial score (nSPS) is 11.8. The van der Waals surface area contributed by atoms with E-state index in [0.717, 1.165) is 38.9 Å². The number of fused-ring (bicyclic) bond motifs is 1. The minimum Gasteiger partial charge on any atom is -0.496 e. The molecule has 0 radical (unpaired) electrons. The Hall–Kier alpha value is -4.22. The van der Waals surface area contributed by atoms with Gasteiger partial charge in [-0.3, -0.25) is 9.78 Å². The number of rotatable bonds is 7. The topological polar surface area (TPSA) is 51.2 Å². The second-order valence-electron chi connectivity index (χ2n) is 8.71. The van der Waals surface area contributed by atoms with Crippen LogP contribution in [-0.4, -0.2) is 18.0 Å². The van der Waals surface area contributed by atoms with Crippen molar-refractivity contribution in [2.45, 2.75) is 12.3 Å². The van der Waals surface area contributed by atoms with Crippen LogP contribution in [0.5, 0.6) is 5.75 Å². The molecule has 1 atom stereocenters. The zero-order valence-electron chi connectivity index (χ0n) is 20.1. The van der Waals surface area contributed by atoms with Gasteiger partial charge in [-0.25, -0.2) is 4.39 Å². The van der Waals surface area contributed by atoms with Gasteiger partial charge in [-0.1, -0.05) is 60.1 Å². The summed E-state index contributed by atoms with van der Waals surface area (Å²) in [6, 6.07) is 29.0. The van der Waals surface area contributed by atoms with Gasteiger partial charge in [0, 0.05) is 22.3 Å². The van der Waals surface area contributed by atoms with E-state index in [-0.39, 0.29) is 11.7 Å². The fourth-order valence-corrected chi connectivity index (χ4v) is 4.70. The zero-order chi connectivity index (χ0) is 25.8. The van der Waals surface area contributed by atoms with Gasteiger partial charge in [0.15, 0.2) is 0 Å². The highest BCUT2D eigenvalue weighted by Gasteiger charge is 2.23. The number of pyridine rings is 1. The summed E-state index contributed by atoms with van der Waals surface area (Å²) in [5.41, 5.74) is 4.91. The summed E-state index contributed by atoms with van der Waals surface area (Å²) in [5.74, 6) is -0.230. The van der Waals surface area contributed by atoms with Gasteiger partial charge in [0.2, 0.25) is 5.91 Å². The number of amides is 1. The average Bonchev–Trinajstić information content (AvgIpc) is 2.91. The van der Waals surface area contributed by atoms with Crippen molar-refractivity contribution in [3.05, 3.63) is 125 Å². The van der Waals surface area contributed by atoms with Crippen molar-refractivity contribution in [1.82, 2.24) is 4.98 Å². The lowest BCUT2D eigenvalue weighted by Gasteiger charge is -2.19. The summed E-state index contributed by atoms with van der Waals surface area (Å²) in [6.07, 6.45) is 2.16. The quantitative estimate of drug-likeness (QED) is 0.244. The molecule has 6 heteroatoms. The first-order chi connectivity index (χ1) is 18.0. The highest BCUT2D eigenvalue weighted by Crippen LogP contribution is 2.32. The minimum atomic E-state index is -0.490. The minimum absolute atomic E-state index is 0.155. The summed E-state index contributed by atoms with van der Waals surface area (Å²) >= 11 is 6.13. The second kappa shape index (κ2) is 10.8. The number of benzene rings is 4. The first-order valence-electron chi connectivity index (χ1n) is 11.8. The largest absolute Gasteiger partial charge is 0.496 e. The van der Waals surface area contributed by atoms with Crippen molar-refractivity contribution in [2.24, 2.45) is 0 Å². The predicted molar refractivity (Wildman–Crippen MR) is 147 cm³/mol. The van der Waals surface area contributed by atoms with Crippen molar-refractivity contribution in [2.75, 3.05) is 12.4 Å². The molecule has 4 nitrogen and oxygen atoms in total. The molecule has 0 bridgehead atoms. The lowest BCUT2D eigenvalue weighted by atomic mass is 9.89. The molecule has 1 heterocycles. The fourth-order valence-electron chi connectivity index (χ4n) is 4.51. The molecule has 0 fully saturated rings. The first kappa shape index (κ1) is 24.5. The lowest BCUT2D eigenvalue weighted by Crippen LogP contribution is -2.23. The monoisotopic (exact) mass is 510 g/mol. The second-order valence-corrected chi connectivity index (χ2v) is 9.15. The van der Waals surface area contributed by atoms with Gasteiger partial charge in [-0.05, 0) is 77.2 Å². The Morgan fingerprint density at radius 2 is 1.78 bits per heavy atom. The summed E-state index contributed by atoms with van der Waals surface area (Å²) < 4.78 is 19.5. The standard InChI is InChI=1S/C31H24ClFN2O2/c1-37-30-8-3-2-5-22(30)17-27(31(36)35-25-7-4-6-23(32)18-25)21-11-9-20(10-12-21)26-15-16-34-29-14-13-24(33)19-28(26)29/h2-16,18-19,27H,17H2,1H3,(H,35,36)/t27-/m1/s1. The van der Waals surface area contributed by atoms with Crippen molar-refractivity contribution < 1.29 is 13.9 Å². The van der Waals surface area contributed by atoms with Crippen LogP contribution in [0.1, 0.15) is 17.0 Å². The molecule has 5 rings (SSSR count). The van der Waals surface area contributed by atoms with Gasteiger partial charge in [-0.2, -0.15) is 0 Å². The van der Waals surface area contributed by atoms with E-state index < -0.39 is 5.92 Å². The van der Waals surface area contributed by atoms with E-state index in [1.807, 2.05) is 54.6 Å². The molecule has 0 aliphatic rings. The van der Waals surface area contributed by atoms with Gasteiger partial charge in [0.05, 0.1) is 18.5 Å². The van der Waals surface area contributed by atoms with Crippen molar-refractivity contribution in [1.29, 1.82) is 0 Å². The van der Waals surface area contributed by atoms with Gasteiger partial charge in [0.1, 0.15) is 11.6 Å². The third-order valence-corrected chi connectivity index (χ3v) is 6.59. The third-order valence-electron chi connectivity index (χ3n) is 6.35. The number of nitrogens with zero attached hydrogens (tertiary/aromatic N) is 1. The van der Waals surface area contributed by atoms with E-state index in [2.05, 4.69) is 10.3 Å². The number of ether oxygens (including phenoxy) is 1. The van der Waals surface area contributed by atoms with Gasteiger partial charge in [0.25, 0.3) is 0 Å². The number of hydrogen-bond donors (Lipinski definition) is 1. The highest BCUT2D eigenvalue weighted by molar-refractivity contribution is 6.30. The number of carbonyl (C=O) groups excluding carboxylic acids is 1. The molecule has 0 saturated heterocycles. The molecule has 1 N–H and O–H groups in total. The molecule has 0 unspecified atom stereocenters. The number of para-hydroxylation sites is 1. The van der Waals surface area contributed by atoms with Crippen LogP contribution >= 0.6 is 11.6 Å². The average molecular weight is 511 g/mol. The summed E-state index contributed by atoms with van der Waals surface area (Å²) in [4.78, 5) is 17.9. The van der Waals surface area contributed by atoms with Crippen LogP contribution in [0, 0.1) is 5.82 Å². The van der Waals surface area contributed by atoms with Crippen molar-refractivity contribution in [3.8, 4) is 16.9 Å². The molecule has 37 heavy (non-hydrogen) atoms. The number of methoxy groups -OCH3 is 1. The molecule has 1 amide bonds. The van der Waals surface area contributed by atoms with E-state index in [1.54, 1.807) is 43.6 Å². The van der Waals surface area contributed by atoms with E-state index in [0.29, 0.717) is 17.1 Å². The van der Waals surface area contributed by atoms with Crippen LogP contribution in [0.25, 0.3) is 22.0 Å². The number of hydrogen-bond acceptors (Lipinski definition) is 3. The van der Waals surface area contributed by atoms with Gasteiger partial charge >= 0.3 is 0 Å². The smallest absolute Gasteiger partial charge is 0.232 e. The van der Waals surface area contributed by atoms with Crippen LogP contribution < -0.4 is 10.1 Å². The van der Waals surface area contributed by atoms with Crippen molar-refractivity contribution in [3.63, 3.8) is 0 Å². The molecule has 1 aromatic heterocycles. The number of halogens is 2. The maximum absolute atomic E-state index is 14.0. The Kier molecular flexibility index (Phi) is 7.15. The Morgan fingerprint density at radius 3 is 2.57 bits per heavy atom. The molecule has 0 aliphatic heterocycles. The SMILES string of the molecule is COc1ccccc1C[C@@H](C(=O)Nc1cccc(Cl)c1)c1ccc(-c2ccnc3ccc(F)cc23)cc1. The van der Waals surface area contributed by atoms with Crippen LogP contribution in [0.15, 0.2) is 103 Å². The number of anilines is 1. The Morgan fingerprint density at radius 1 is 0.973 bits per heavy atom. The zero-order valence-corrected chi connectivity index (χ0v) is 20.9. The molecule has 0 saturated carbocycles. The molecule has 5 aromatic rings. The van der Waals surface area contributed by atoms with E-state index in [1.165, 1.54) is 12.1 Å². The summed E-state index contributed by atoms with van der Waals surface area (Å²) in [7, 11) is 1.62. The molecular formula is C31H24ClFN2O2. The summed E-state index contributed by atoms with van der Waals surface area (Å²) in [5, 5.41) is 4.28. The molecule has 0 aliphatic carbocycles. The number of carbonyl (C=O) groups is 1. The lowest BCUT2D eigenvalue weighted by molar-refractivity contribution is -0.117.